The van der Waals surface area contributed by atoms with Gasteiger partial charge in [0, 0.05) is 22.5 Å². The van der Waals surface area contributed by atoms with Gasteiger partial charge in [-0.25, -0.2) is 0 Å². The molecule has 1 atom stereocenters. The predicted octanol–water partition coefficient (Wildman–Crippen LogP) is 3.38. The van der Waals surface area contributed by atoms with Crippen LogP contribution >= 0.6 is 28.3 Å². The Hall–Kier alpha value is -0.910. The van der Waals surface area contributed by atoms with E-state index in [1.807, 2.05) is 32.2 Å². The van der Waals surface area contributed by atoms with E-state index in [4.69, 9.17) is 4.52 Å². The minimum absolute atomic E-state index is 0. The number of hydrogen-bond donors (Lipinski definition) is 1. The van der Waals surface area contributed by atoms with Crippen LogP contribution in [-0.4, -0.2) is 23.2 Å². The van der Waals surface area contributed by atoms with Crippen LogP contribution in [0.5, 0.6) is 0 Å². The second-order valence-corrected chi connectivity index (χ2v) is 5.18. The van der Waals surface area contributed by atoms with E-state index in [0.29, 0.717) is 11.9 Å². The van der Waals surface area contributed by atoms with Crippen molar-refractivity contribution in [1.29, 1.82) is 0 Å². The lowest BCUT2D eigenvalue weighted by molar-refractivity contribution is 0.418. The summed E-state index contributed by atoms with van der Waals surface area (Å²) < 4.78 is 6.37. The molecule has 1 heterocycles. The van der Waals surface area contributed by atoms with Gasteiger partial charge in [-0.2, -0.15) is 4.98 Å². The van der Waals surface area contributed by atoms with Crippen LogP contribution in [0.2, 0.25) is 0 Å². The first-order valence-electron chi connectivity index (χ1n) is 5.87. The fourth-order valence-corrected chi connectivity index (χ4v) is 2.03. The van der Waals surface area contributed by atoms with Crippen LogP contribution in [0.1, 0.15) is 18.3 Å². The molecule has 104 valence electrons. The Labute approximate surface area is 127 Å². The quantitative estimate of drug-likeness (QED) is 0.922. The van der Waals surface area contributed by atoms with E-state index >= 15 is 0 Å². The van der Waals surface area contributed by atoms with Gasteiger partial charge in [0.05, 0.1) is 0 Å². The molecule has 0 saturated heterocycles. The van der Waals surface area contributed by atoms with Gasteiger partial charge >= 0.3 is 0 Å². The maximum atomic E-state index is 5.32. The molecule has 0 bridgehead atoms. The van der Waals surface area contributed by atoms with Crippen LogP contribution in [0.15, 0.2) is 27.2 Å². The first kappa shape index (κ1) is 16.1. The van der Waals surface area contributed by atoms with Crippen LogP contribution in [-0.2, 0) is 6.42 Å². The zero-order valence-corrected chi connectivity index (χ0v) is 13.5. The van der Waals surface area contributed by atoms with Gasteiger partial charge in [-0.15, -0.1) is 12.4 Å². The molecule has 0 amide bonds. The fourth-order valence-electron chi connectivity index (χ4n) is 1.66. The lowest BCUT2D eigenvalue weighted by Crippen LogP contribution is -2.24. The number of nitrogens with zero attached hydrogens (tertiary/aromatic N) is 2. The summed E-state index contributed by atoms with van der Waals surface area (Å²) in [5, 5.41) is 7.16. The summed E-state index contributed by atoms with van der Waals surface area (Å²) in [6.45, 7) is 4.11. The minimum Gasteiger partial charge on any atom is -0.334 e. The number of hydrogen-bond acceptors (Lipinski definition) is 4. The maximum absolute atomic E-state index is 5.32. The molecule has 2 aromatic rings. The van der Waals surface area contributed by atoms with Gasteiger partial charge in [-0.05, 0) is 38.6 Å². The highest BCUT2D eigenvalue weighted by Gasteiger charge is 2.13. The number of nitrogens with one attached hydrogen (secondary N) is 1. The normalized spacial score (nSPS) is 12.0. The van der Waals surface area contributed by atoms with Crippen LogP contribution in [0.3, 0.4) is 0 Å². The summed E-state index contributed by atoms with van der Waals surface area (Å²) in [4.78, 5) is 4.43. The lowest BCUT2D eigenvalue weighted by Gasteiger charge is -2.05. The SMILES string of the molecule is CNC(C)Cc1noc(-c2cccc(Br)c2C)n1.Cl. The highest BCUT2D eigenvalue weighted by Crippen LogP contribution is 2.27. The van der Waals surface area contributed by atoms with E-state index in [1.165, 1.54) is 0 Å². The Balaban J connectivity index is 0.00000180. The first-order valence-corrected chi connectivity index (χ1v) is 6.66. The van der Waals surface area contributed by atoms with E-state index in [1.54, 1.807) is 0 Å². The molecule has 1 aromatic heterocycles. The Bertz CT molecular complexity index is 544. The van der Waals surface area contributed by atoms with Crippen LogP contribution < -0.4 is 5.32 Å². The van der Waals surface area contributed by atoms with E-state index in [9.17, 15) is 0 Å². The molecule has 0 saturated carbocycles. The summed E-state index contributed by atoms with van der Waals surface area (Å²) in [6, 6.07) is 6.28. The van der Waals surface area contributed by atoms with Crippen molar-refractivity contribution in [2.24, 2.45) is 0 Å². The molecule has 1 aromatic carbocycles. The fraction of sp³-hybridized carbons (Fsp3) is 0.385. The van der Waals surface area contributed by atoms with Gasteiger partial charge in [-0.3, -0.25) is 0 Å². The molecular formula is C13H17BrClN3O. The largest absolute Gasteiger partial charge is 0.334 e. The molecule has 0 spiro atoms. The molecule has 4 nitrogen and oxygen atoms in total. The van der Waals surface area contributed by atoms with E-state index in [0.717, 1.165) is 27.8 Å². The molecule has 0 radical (unpaired) electrons. The van der Waals surface area contributed by atoms with E-state index in [-0.39, 0.29) is 12.4 Å². The minimum atomic E-state index is 0. The monoisotopic (exact) mass is 345 g/mol. The average Bonchev–Trinajstić information content (AvgIpc) is 2.80. The molecule has 2 rings (SSSR count). The van der Waals surface area contributed by atoms with E-state index < -0.39 is 0 Å². The molecule has 0 aliphatic heterocycles. The molecule has 19 heavy (non-hydrogen) atoms. The third-order valence-electron chi connectivity index (χ3n) is 2.95. The maximum Gasteiger partial charge on any atom is 0.258 e. The van der Waals surface area contributed by atoms with Crippen LogP contribution in [0, 0.1) is 6.92 Å². The average molecular weight is 347 g/mol. The van der Waals surface area contributed by atoms with Crippen molar-refractivity contribution in [2.75, 3.05) is 7.05 Å². The van der Waals surface area contributed by atoms with Crippen molar-refractivity contribution in [2.45, 2.75) is 26.3 Å². The molecule has 1 unspecified atom stereocenters. The second kappa shape index (κ2) is 7.03. The van der Waals surface area contributed by atoms with E-state index in [2.05, 4.69) is 38.3 Å². The number of benzene rings is 1. The summed E-state index contributed by atoms with van der Waals surface area (Å²) in [7, 11) is 1.92. The zero-order chi connectivity index (χ0) is 13.1. The van der Waals surface area contributed by atoms with Gasteiger partial charge in [0.15, 0.2) is 5.82 Å². The third kappa shape index (κ3) is 3.78. The third-order valence-corrected chi connectivity index (χ3v) is 3.81. The Morgan fingerprint density at radius 1 is 1.42 bits per heavy atom. The molecular weight excluding hydrogens is 330 g/mol. The molecule has 0 aliphatic rings. The summed E-state index contributed by atoms with van der Waals surface area (Å²) in [5.74, 6) is 1.30. The number of halogens is 2. The highest BCUT2D eigenvalue weighted by atomic mass is 79.9. The molecule has 1 N–H and O–H groups in total. The predicted molar refractivity (Wildman–Crippen MR) is 81.6 cm³/mol. The molecule has 6 heteroatoms. The van der Waals surface area contributed by atoms with Gasteiger partial charge in [-0.1, -0.05) is 27.2 Å². The van der Waals surface area contributed by atoms with Crippen molar-refractivity contribution in [3.8, 4) is 11.5 Å². The Kier molecular flexibility index (Phi) is 5.97. The molecule has 0 fully saturated rings. The van der Waals surface area contributed by atoms with Gasteiger partial charge in [0.25, 0.3) is 5.89 Å². The van der Waals surface area contributed by atoms with Crippen molar-refractivity contribution in [3.63, 3.8) is 0 Å². The Morgan fingerprint density at radius 2 is 2.16 bits per heavy atom. The standard InChI is InChI=1S/C13H16BrN3O.ClH/c1-8(15-3)7-12-16-13(18-17-12)10-5-4-6-11(14)9(10)2;/h4-6,8,15H,7H2,1-3H3;1H. The first-order chi connectivity index (χ1) is 8.61. The summed E-state index contributed by atoms with van der Waals surface area (Å²) in [6.07, 6.45) is 0.757. The summed E-state index contributed by atoms with van der Waals surface area (Å²) in [5.41, 5.74) is 2.08. The van der Waals surface area contributed by atoms with Crippen LogP contribution in [0.25, 0.3) is 11.5 Å². The van der Waals surface area contributed by atoms with Crippen molar-refractivity contribution >= 4 is 28.3 Å². The Morgan fingerprint density at radius 3 is 2.84 bits per heavy atom. The summed E-state index contributed by atoms with van der Waals surface area (Å²) >= 11 is 3.50. The van der Waals surface area contributed by atoms with Crippen LogP contribution in [0.4, 0.5) is 0 Å². The topological polar surface area (TPSA) is 51.0 Å². The highest BCUT2D eigenvalue weighted by molar-refractivity contribution is 9.10. The van der Waals surface area contributed by atoms with Gasteiger partial charge in [0.1, 0.15) is 0 Å². The van der Waals surface area contributed by atoms with Gasteiger partial charge < -0.3 is 9.84 Å². The lowest BCUT2D eigenvalue weighted by atomic mass is 10.1. The molecule has 0 aliphatic carbocycles. The number of aromatic nitrogens is 2. The second-order valence-electron chi connectivity index (χ2n) is 4.32. The zero-order valence-electron chi connectivity index (χ0n) is 11.1. The number of likely N-dealkylation sites (N-methyl/N-ethyl adjacent to an activating group) is 1. The smallest absolute Gasteiger partial charge is 0.258 e. The van der Waals surface area contributed by atoms with Crippen molar-refractivity contribution in [3.05, 3.63) is 34.1 Å². The van der Waals surface area contributed by atoms with Crippen molar-refractivity contribution in [1.82, 2.24) is 15.5 Å². The van der Waals surface area contributed by atoms with Crippen molar-refractivity contribution < 1.29 is 4.52 Å². The van der Waals surface area contributed by atoms with Gasteiger partial charge in [0.2, 0.25) is 0 Å². The number of rotatable bonds is 4.